The van der Waals surface area contributed by atoms with E-state index in [-0.39, 0.29) is 0 Å². The lowest BCUT2D eigenvalue weighted by molar-refractivity contribution is -0.203. The molecule has 0 aliphatic carbocycles. The van der Waals surface area contributed by atoms with Crippen molar-refractivity contribution in [1.82, 2.24) is 0 Å². The van der Waals surface area contributed by atoms with Gasteiger partial charge in [0, 0.05) is 0 Å². The number of hydrogen-bond acceptors (Lipinski definition) is 7. The summed E-state index contributed by atoms with van der Waals surface area (Å²) >= 11 is 0. The molecule has 0 amide bonds. The number of aliphatic hydroxyl groups is 3. The molecule has 102 valence electrons. The fourth-order valence-corrected chi connectivity index (χ4v) is 1.72. The molecule has 0 bridgehead atoms. The fourth-order valence-electron chi connectivity index (χ4n) is 1.72. The maximum Gasteiger partial charge on any atom is 0.219 e. The second kappa shape index (κ2) is 5.05. The van der Waals surface area contributed by atoms with Gasteiger partial charge in [-0.1, -0.05) is 0 Å². The molecule has 18 heavy (non-hydrogen) atoms. The van der Waals surface area contributed by atoms with Crippen molar-refractivity contribution >= 4 is 23.1 Å². The largest absolute Gasteiger partial charge is 0.382 e. The van der Waals surface area contributed by atoms with Gasteiger partial charge in [0.05, 0.1) is 0 Å². The number of carbonyl (C=O) groups excluding carboxylic acids is 4. The van der Waals surface area contributed by atoms with Crippen LogP contribution in [-0.2, 0) is 19.2 Å². The highest BCUT2D eigenvalue weighted by Gasteiger charge is 2.64. The van der Waals surface area contributed by atoms with Crippen LogP contribution in [0.1, 0.15) is 27.7 Å². The molecule has 0 radical (unpaired) electrons. The lowest BCUT2D eigenvalue weighted by Crippen LogP contribution is -2.72. The van der Waals surface area contributed by atoms with Gasteiger partial charge in [-0.25, -0.2) is 0 Å². The van der Waals surface area contributed by atoms with Gasteiger partial charge < -0.3 is 15.3 Å². The van der Waals surface area contributed by atoms with E-state index in [0.717, 1.165) is 27.7 Å². The Morgan fingerprint density at radius 2 is 1.17 bits per heavy atom. The van der Waals surface area contributed by atoms with Crippen LogP contribution in [0, 0.1) is 0 Å². The van der Waals surface area contributed by atoms with Gasteiger partial charge in [0.15, 0.2) is 34.8 Å². The van der Waals surface area contributed by atoms with Gasteiger partial charge >= 0.3 is 0 Å². The zero-order valence-electron chi connectivity index (χ0n) is 10.6. The average Bonchev–Trinajstić information content (AvgIpc) is 2.24. The first-order valence-electron chi connectivity index (χ1n) is 5.10. The van der Waals surface area contributed by atoms with Gasteiger partial charge in [0.1, 0.15) is 0 Å². The van der Waals surface area contributed by atoms with Crippen LogP contribution in [0.2, 0.25) is 0 Å². The molecule has 0 aromatic carbocycles. The SMILES string of the molecule is CC(=O)C(O)C(O)(C(C)=O)C(O)(C(C)=O)C(C)=O. The highest BCUT2D eigenvalue weighted by molar-refractivity contribution is 6.16. The minimum atomic E-state index is -3.20. The number of aliphatic hydroxyl groups excluding tert-OH is 1. The molecule has 7 heteroatoms. The predicted molar refractivity (Wildman–Crippen MR) is 58.6 cm³/mol. The first-order valence-corrected chi connectivity index (χ1v) is 5.10. The third-order valence-corrected chi connectivity index (χ3v) is 2.89. The standard InChI is InChI=1S/C11H16O7/c1-5(12)9(16)11(18,8(4)15)10(17,6(2)13)7(3)14/h9,16-18H,1-4H3. The molecule has 0 aliphatic rings. The van der Waals surface area contributed by atoms with Crippen molar-refractivity contribution in [3.8, 4) is 0 Å². The summed E-state index contributed by atoms with van der Waals surface area (Å²) in [6, 6.07) is 0. The number of Topliss-reactive ketones (excluding diaryl/α,β-unsaturated/α-hetero) is 4. The van der Waals surface area contributed by atoms with Crippen molar-refractivity contribution in [2.45, 2.75) is 45.0 Å². The fraction of sp³-hybridized carbons (Fsp3) is 0.636. The van der Waals surface area contributed by atoms with Crippen LogP contribution in [0.3, 0.4) is 0 Å². The molecule has 0 aliphatic heterocycles. The van der Waals surface area contributed by atoms with Gasteiger partial charge in [-0.3, -0.25) is 19.2 Å². The average molecular weight is 260 g/mol. The molecule has 0 heterocycles. The molecule has 3 N–H and O–H groups in total. The Bertz CT molecular complexity index is 398. The third kappa shape index (κ3) is 2.12. The second-order valence-corrected chi connectivity index (χ2v) is 4.16. The number of carbonyl (C=O) groups is 4. The lowest BCUT2D eigenvalue weighted by atomic mass is 9.70. The van der Waals surface area contributed by atoms with Gasteiger partial charge in [0.2, 0.25) is 5.60 Å². The summed E-state index contributed by atoms with van der Waals surface area (Å²) in [6.07, 6.45) is -2.38. The van der Waals surface area contributed by atoms with E-state index < -0.39 is 40.4 Å². The first kappa shape index (κ1) is 16.6. The highest BCUT2D eigenvalue weighted by atomic mass is 16.4. The summed E-state index contributed by atoms with van der Waals surface area (Å²) < 4.78 is 0. The number of ketones is 4. The molecule has 0 rings (SSSR count). The Kier molecular flexibility index (Phi) is 4.65. The molecular formula is C11H16O7. The van der Waals surface area contributed by atoms with Crippen LogP contribution in [0.25, 0.3) is 0 Å². The maximum absolute atomic E-state index is 11.4. The number of hydrogen-bond donors (Lipinski definition) is 3. The van der Waals surface area contributed by atoms with Crippen molar-refractivity contribution in [3.05, 3.63) is 0 Å². The van der Waals surface area contributed by atoms with E-state index in [1.807, 2.05) is 0 Å². The quantitative estimate of drug-likeness (QED) is 0.479. The van der Waals surface area contributed by atoms with E-state index in [1.165, 1.54) is 0 Å². The van der Waals surface area contributed by atoms with Crippen LogP contribution >= 0.6 is 0 Å². The summed E-state index contributed by atoms with van der Waals surface area (Å²) in [4.78, 5) is 45.3. The maximum atomic E-state index is 11.4. The molecule has 7 nitrogen and oxygen atoms in total. The molecule has 0 aromatic rings. The van der Waals surface area contributed by atoms with E-state index in [4.69, 9.17) is 0 Å². The molecule has 0 saturated heterocycles. The Hall–Kier alpha value is -1.44. The third-order valence-electron chi connectivity index (χ3n) is 2.89. The topological polar surface area (TPSA) is 129 Å². The Balaban J connectivity index is 6.19. The smallest absolute Gasteiger partial charge is 0.219 e. The van der Waals surface area contributed by atoms with E-state index in [9.17, 15) is 34.5 Å². The molecule has 0 fully saturated rings. The van der Waals surface area contributed by atoms with E-state index >= 15 is 0 Å². The van der Waals surface area contributed by atoms with E-state index in [1.54, 1.807) is 0 Å². The van der Waals surface area contributed by atoms with Crippen LogP contribution in [0.5, 0.6) is 0 Å². The van der Waals surface area contributed by atoms with E-state index in [2.05, 4.69) is 0 Å². The lowest BCUT2D eigenvalue weighted by Gasteiger charge is -2.40. The summed E-state index contributed by atoms with van der Waals surface area (Å²) in [7, 11) is 0. The Labute approximate surface area is 103 Å². The van der Waals surface area contributed by atoms with Crippen LogP contribution < -0.4 is 0 Å². The van der Waals surface area contributed by atoms with Crippen molar-refractivity contribution in [2.24, 2.45) is 0 Å². The van der Waals surface area contributed by atoms with Gasteiger partial charge in [0.25, 0.3) is 0 Å². The normalized spacial score (nSPS) is 16.6. The van der Waals surface area contributed by atoms with Crippen molar-refractivity contribution < 1.29 is 34.5 Å². The number of rotatable bonds is 6. The predicted octanol–water partition coefficient (Wildman–Crippen LogP) is -1.83. The Morgan fingerprint density at radius 3 is 1.33 bits per heavy atom. The van der Waals surface area contributed by atoms with E-state index in [0.29, 0.717) is 0 Å². The minimum Gasteiger partial charge on any atom is -0.382 e. The molecule has 0 saturated carbocycles. The highest BCUT2D eigenvalue weighted by Crippen LogP contribution is 2.30. The molecule has 0 spiro atoms. The van der Waals surface area contributed by atoms with Gasteiger partial charge in [-0.2, -0.15) is 0 Å². The Morgan fingerprint density at radius 1 is 0.833 bits per heavy atom. The van der Waals surface area contributed by atoms with Crippen molar-refractivity contribution in [2.75, 3.05) is 0 Å². The minimum absolute atomic E-state index is 0.753. The summed E-state index contributed by atoms with van der Waals surface area (Å²) in [6.45, 7) is 3.13. The molecule has 0 aromatic heterocycles. The van der Waals surface area contributed by atoms with Crippen molar-refractivity contribution in [3.63, 3.8) is 0 Å². The molecule has 2 unspecified atom stereocenters. The zero-order valence-corrected chi connectivity index (χ0v) is 10.6. The second-order valence-electron chi connectivity index (χ2n) is 4.16. The zero-order chi connectivity index (χ0) is 14.9. The van der Waals surface area contributed by atoms with Gasteiger partial charge in [-0.05, 0) is 27.7 Å². The summed E-state index contributed by atoms with van der Waals surface area (Å²) in [5.74, 6) is -4.81. The van der Waals surface area contributed by atoms with Crippen LogP contribution in [0.4, 0.5) is 0 Å². The molecular weight excluding hydrogens is 244 g/mol. The van der Waals surface area contributed by atoms with Gasteiger partial charge in [-0.15, -0.1) is 0 Å². The molecule has 2 atom stereocenters. The summed E-state index contributed by atoms with van der Waals surface area (Å²) in [5, 5.41) is 29.6. The van der Waals surface area contributed by atoms with Crippen LogP contribution in [-0.4, -0.2) is 55.8 Å². The summed E-state index contributed by atoms with van der Waals surface area (Å²) in [5.41, 5.74) is -6.36. The van der Waals surface area contributed by atoms with Crippen molar-refractivity contribution in [1.29, 1.82) is 0 Å². The monoisotopic (exact) mass is 260 g/mol. The first-order chi connectivity index (χ1) is 7.93. The van der Waals surface area contributed by atoms with Crippen LogP contribution in [0.15, 0.2) is 0 Å².